The molecule has 1 saturated carbocycles. The molecule has 1 fully saturated rings. The first-order chi connectivity index (χ1) is 11.3. The van der Waals surface area contributed by atoms with Crippen LogP contribution in [0.5, 0.6) is 0 Å². The van der Waals surface area contributed by atoms with E-state index in [4.69, 9.17) is 8.82 Å². The summed E-state index contributed by atoms with van der Waals surface area (Å²) in [5, 5.41) is 0.214. The Kier molecular flexibility index (Phi) is 8.10. The van der Waals surface area contributed by atoms with E-state index in [-0.39, 0.29) is 15.9 Å². The van der Waals surface area contributed by atoms with Gasteiger partial charge >= 0.3 is 0 Å². The van der Waals surface area contributed by atoms with Crippen molar-refractivity contribution in [3.05, 3.63) is 0 Å². The van der Waals surface area contributed by atoms with Gasteiger partial charge in [-0.1, -0.05) is 40.5 Å². The van der Waals surface area contributed by atoms with E-state index in [9.17, 15) is 4.21 Å². The standard InChI is InChI=1S/C20H41NO2SSi/c1-10-11-13-16-17(21-24(22)19(2,3)4)14-12-15-18(16)23-25(8,9)20(5,6)7/h16,18H,10-15H2,1-9H3/b21-17+/t16-,18-,24+/m0/s1. The third-order valence-corrected chi connectivity index (χ3v) is 11.6. The summed E-state index contributed by atoms with van der Waals surface area (Å²) in [5.41, 5.74) is 1.15. The van der Waals surface area contributed by atoms with E-state index in [0.29, 0.717) is 5.92 Å². The third kappa shape index (κ3) is 6.58. The van der Waals surface area contributed by atoms with Gasteiger partial charge in [-0.15, -0.1) is 0 Å². The van der Waals surface area contributed by atoms with Gasteiger partial charge in [-0.25, -0.2) is 4.21 Å². The summed E-state index contributed by atoms with van der Waals surface area (Å²) in [6.45, 7) is 19.8. The Morgan fingerprint density at radius 2 is 1.80 bits per heavy atom. The zero-order chi connectivity index (χ0) is 19.5. The van der Waals surface area contributed by atoms with Crippen LogP contribution in [0.15, 0.2) is 4.40 Å². The van der Waals surface area contributed by atoms with E-state index >= 15 is 0 Å². The normalized spacial score (nSPS) is 26.0. The minimum atomic E-state index is -1.81. The number of hydrogen-bond acceptors (Lipinski definition) is 2. The van der Waals surface area contributed by atoms with Crippen molar-refractivity contribution < 1.29 is 8.63 Å². The molecule has 3 atom stereocenters. The van der Waals surface area contributed by atoms with E-state index in [2.05, 4.69) is 40.8 Å². The molecule has 0 saturated heterocycles. The predicted octanol–water partition coefficient (Wildman–Crippen LogP) is 6.27. The quantitative estimate of drug-likeness (QED) is 0.504. The SMILES string of the molecule is CCCC[C@H]1/C(=N/[S@](=O)C(C)(C)C)CCC[C@@H]1O[Si](C)(C)C(C)(C)C. The first-order valence-corrected chi connectivity index (χ1v) is 14.0. The van der Waals surface area contributed by atoms with Gasteiger partial charge in [0.2, 0.25) is 0 Å². The summed E-state index contributed by atoms with van der Waals surface area (Å²) in [7, 11) is -2.98. The van der Waals surface area contributed by atoms with Crippen LogP contribution >= 0.6 is 0 Å². The van der Waals surface area contributed by atoms with Crippen molar-refractivity contribution in [3.8, 4) is 0 Å². The highest BCUT2D eigenvalue weighted by atomic mass is 32.2. The van der Waals surface area contributed by atoms with Crippen LogP contribution in [0.25, 0.3) is 0 Å². The predicted molar refractivity (Wildman–Crippen MR) is 114 cm³/mol. The average molecular weight is 388 g/mol. The molecule has 0 aliphatic heterocycles. The summed E-state index contributed by atoms with van der Waals surface area (Å²) in [4.78, 5) is 0. The lowest BCUT2D eigenvalue weighted by molar-refractivity contribution is 0.120. The van der Waals surface area contributed by atoms with Gasteiger partial charge in [0, 0.05) is 11.6 Å². The fraction of sp³-hybridized carbons (Fsp3) is 0.950. The zero-order valence-corrected chi connectivity index (χ0v) is 19.9. The van der Waals surface area contributed by atoms with E-state index in [1.165, 1.54) is 12.8 Å². The molecule has 0 aromatic carbocycles. The van der Waals surface area contributed by atoms with Crippen LogP contribution < -0.4 is 0 Å². The fourth-order valence-electron chi connectivity index (χ4n) is 2.92. The zero-order valence-electron chi connectivity index (χ0n) is 18.1. The number of rotatable bonds is 6. The Balaban J connectivity index is 3.08. The van der Waals surface area contributed by atoms with E-state index < -0.39 is 19.3 Å². The molecule has 0 spiro atoms. The Morgan fingerprint density at radius 1 is 1.20 bits per heavy atom. The number of unbranched alkanes of at least 4 members (excludes halogenated alkanes) is 1. The lowest BCUT2D eigenvalue weighted by atomic mass is 9.81. The molecular formula is C20H41NO2SSi. The molecule has 0 aromatic heterocycles. The average Bonchev–Trinajstić information content (AvgIpc) is 2.44. The van der Waals surface area contributed by atoms with Crippen LogP contribution in [0.3, 0.4) is 0 Å². The van der Waals surface area contributed by atoms with Crippen LogP contribution in [0.1, 0.15) is 87.0 Å². The monoisotopic (exact) mass is 387 g/mol. The Bertz CT molecular complexity index is 489. The Labute approximate surface area is 160 Å². The molecule has 0 aromatic rings. The van der Waals surface area contributed by atoms with Gasteiger partial charge < -0.3 is 4.43 Å². The molecule has 0 radical (unpaired) electrons. The maximum absolute atomic E-state index is 12.6. The maximum atomic E-state index is 12.6. The van der Waals surface area contributed by atoms with Gasteiger partial charge in [0.1, 0.15) is 11.0 Å². The van der Waals surface area contributed by atoms with Crippen molar-refractivity contribution in [2.45, 2.75) is 116 Å². The Morgan fingerprint density at radius 3 is 2.28 bits per heavy atom. The Hall–Kier alpha value is -0.00312. The smallest absolute Gasteiger partial charge is 0.192 e. The summed E-state index contributed by atoms with van der Waals surface area (Å²) >= 11 is 0. The first-order valence-electron chi connectivity index (χ1n) is 9.97. The molecule has 0 amide bonds. The topological polar surface area (TPSA) is 38.7 Å². The van der Waals surface area contributed by atoms with E-state index in [0.717, 1.165) is 31.4 Å². The second kappa shape index (κ2) is 8.79. The van der Waals surface area contributed by atoms with Gasteiger partial charge in [-0.05, 0) is 64.6 Å². The second-order valence-corrected chi connectivity index (χ2v) is 16.7. The summed E-state index contributed by atoms with van der Waals surface area (Å²) in [6.07, 6.45) is 6.91. The molecule has 1 aliphatic carbocycles. The van der Waals surface area contributed by atoms with E-state index in [1.54, 1.807) is 0 Å². The molecular weight excluding hydrogens is 346 g/mol. The molecule has 0 heterocycles. The molecule has 1 rings (SSSR count). The van der Waals surface area contributed by atoms with Crippen LogP contribution in [-0.2, 0) is 15.4 Å². The minimum absolute atomic E-state index is 0.214. The van der Waals surface area contributed by atoms with Crippen molar-refractivity contribution in [3.63, 3.8) is 0 Å². The number of hydrogen-bond donors (Lipinski definition) is 0. The van der Waals surface area contributed by atoms with Crippen molar-refractivity contribution in [1.82, 2.24) is 0 Å². The van der Waals surface area contributed by atoms with Crippen molar-refractivity contribution in [2.75, 3.05) is 0 Å². The van der Waals surface area contributed by atoms with Gasteiger partial charge in [-0.3, -0.25) is 0 Å². The van der Waals surface area contributed by atoms with Crippen LogP contribution in [0.4, 0.5) is 0 Å². The third-order valence-electron chi connectivity index (χ3n) is 5.64. The summed E-state index contributed by atoms with van der Waals surface area (Å²) < 4.78 is 23.8. The maximum Gasteiger partial charge on any atom is 0.192 e. The first kappa shape index (κ1) is 23.0. The molecule has 25 heavy (non-hydrogen) atoms. The highest BCUT2D eigenvalue weighted by Crippen LogP contribution is 2.41. The molecule has 0 unspecified atom stereocenters. The minimum Gasteiger partial charge on any atom is -0.413 e. The number of nitrogens with zero attached hydrogens (tertiary/aromatic N) is 1. The fourth-order valence-corrected chi connectivity index (χ4v) is 5.02. The molecule has 148 valence electrons. The highest BCUT2D eigenvalue weighted by Gasteiger charge is 2.42. The van der Waals surface area contributed by atoms with Gasteiger partial charge in [-0.2, -0.15) is 4.40 Å². The molecule has 0 N–H and O–H groups in total. The van der Waals surface area contributed by atoms with Crippen LogP contribution in [0.2, 0.25) is 18.1 Å². The lowest BCUT2D eigenvalue weighted by Crippen LogP contribution is -2.48. The molecule has 3 nitrogen and oxygen atoms in total. The second-order valence-electron chi connectivity index (χ2n) is 10.0. The summed E-state index contributed by atoms with van der Waals surface area (Å²) in [5.74, 6) is 0.342. The van der Waals surface area contributed by atoms with Gasteiger partial charge in [0.05, 0.1) is 10.9 Å². The van der Waals surface area contributed by atoms with Crippen molar-refractivity contribution in [1.29, 1.82) is 0 Å². The van der Waals surface area contributed by atoms with Crippen LogP contribution in [-0.4, -0.2) is 29.1 Å². The van der Waals surface area contributed by atoms with Crippen molar-refractivity contribution >= 4 is 25.0 Å². The van der Waals surface area contributed by atoms with E-state index in [1.807, 2.05) is 20.8 Å². The lowest BCUT2D eigenvalue weighted by Gasteiger charge is -2.43. The van der Waals surface area contributed by atoms with Crippen LogP contribution in [0, 0.1) is 5.92 Å². The van der Waals surface area contributed by atoms with Gasteiger partial charge in [0.25, 0.3) is 0 Å². The highest BCUT2D eigenvalue weighted by molar-refractivity contribution is 7.85. The largest absolute Gasteiger partial charge is 0.413 e. The van der Waals surface area contributed by atoms with Crippen molar-refractivity contribution in [2.24, 2.45) is 10.3 Å². The molecule has 5 heteroatoms. The molecule has 1 aliphatic rings. The molecule has 0 bridgehead atoms. The summed E-state index contributed by atoms with van der Waals surface area (Å²) in [6, 6.07) is 0. The van der Waals surface area contributed by atoms with Gasteiger partial charge in [0.15, 0.2) is 8.32 Å².